The van der Waals surface area contributed by atoms with Gasteiger partial charge in [0, 0.05) is 23.6 Å². The van der Waals surface area contributed by atoms with Crippen molar-refractivity contribution >= 4 is 23.1 Å². The maximum atomic E-state index is 13.1. The van der Waals surface area contributed by atoms with Gasteiger partial charge in [0.15, 0.2) is 0 Å². The minimum Gasteiger partial charge on any atom is -0.507 e. The molecule has 1 amide bonds. The molecule has 1 aromatic heterocycles. The number of hydrogen-bond donors (Lipinski definition) is 1. The van der Waals surface area contributed by atoms with Gasteiger partial charge in [-0.05, 0) is 48.0 Å². The number of aliphatic hydroxyl groups excluding tert-OH is 1. The molecule has 0 saturated carbocycles. The number of anilines is 1. The summed E-state index contributed by atoms with van der Waals surface area (Å²) in [5.41, 5.74) is 1.46. The van der Waals surface area contributed by atoms with Gasteiger partial charge in [0.1, 0.15) is 17.3 Å². The van der Waals surface area contributed by atoms with E-state index >= 15 is 0 Å². The van der Waals surface area contributed by atoms with Crippen molar-refractivity contribution in [3.05, 3.63) is 89.8 Å². The van der Waals surface area contributed by atoms with Crippen molar-refractivity contribution in [3.8, 4) is 11.5 Å². The predicted octanol–water partition coefficient (Wildman–Crippen LogP) is 3.73. The number of rotatable bonds is 5. The highest BCUT2D eigenvalue weighted by molar-refractivity contribution is 6.51. The lowest BCUT2D eigenvalue weighted by Gasteiger charge is -2.25. The van der Waals surface area contributed by atoms with Gasteiger partial charge in [0.25, 0.3) is 11.7 Å². The molecule has 1 N–H and O–H groups in total. The highest BCUT2D eigenvalue weighted by Gasteiger charge is 2.47. The van der Waals surface area contributed by atoms with E-state index in [2.05, 4.69) is 4.98 Å². The Morgan fingerprint density at radius 3 is 2.35 bits per heavy atom. The summed E-state index contributed by atoms with van der Waals surface area (Å²) in [6.45, 7) is 0. The number of methoxy groups -OCH3 is 2. The molecule has 1 unspecified atom stereocenters. The zero-order valence-electron chi connectivity index (χ0n) is 17.0. The van der Waals surface area contributed by atoms with E-state index in [1.807, 2.05) is 0 Å². The number of aromatic nitrogens is 1. The van der Waals surface area contributed by atoms with Crippen molar-refractivity contribution in [2.24, 2.45) is 0 Å². The highest BCUT2D eigenvalue weighted by Crippen LogP contribution is 2.42. The Morgan fingerprint density at radius 1 is 0.968 bits per heavy atom. The lowest BCUT2D eigenvalue weighted by Crippen LogP contribution is -2.29. The fraction of sp³-hybridized carbons (Fsp3) is 0.125. The van der Waals surface area contributed by atoms with Gasteiger partial charge >= 0.3 is 0 Å². The molecule has 1 saturated heterocycles. The molecule has 1 atom stereocenters. The fourth-order valence-electron chi connectivity index (χ4n) is 3.62. The number of carbonyl (C=O) groups is 2. The SMILES string of the molecule is COc1ccc(N2C(=O)C(=O)/C(=C(\O)c3cccc(OC)c3)C2c2cccnc2)cc1. The molecule has 1 fully saturated rings. The van der Waals surface area contributed by atoms with Gasteiger partial charge in [0.2, 0.25) is 0 Å². The van der Waals surface area contributed by atoms with E-state index < -0.39 is 17.7 Å². The third-order valence-electron chi connectivity index (χ3n) is 5.14. The quantitative estimate of drug-likeness (QED) is 0.387. The molecular weight excluding hydrogens is 396 g/mol. The third-order valence-corrected chi connectivity index (χ3v) is 5.14. The van der Waals surface area contributed by atoms with Crippen LogP contribution in [0.1, 0.15) is 17.2 Å². The molecule has 7 nitrogen and oxygen atoms in total. The van der Waals surface area contributed by atoms with Crippen molar-refractivity contribution in [1.82, 2.24) is 4.98 Å². The molecule has 0 spiro atoms. The summed E-state index contributed by atoms with van der Waals surface area (Å²) in [6, 6.07) is 16.1. The van der Waals surface area contributed by atoms with Crippen LogP contribution in [0.2, 0.25) is 0 Å². The van der Waals surface area contributed by atoms with E-state index in [0.29, 0.717) is 28.3 Å². The van der Waals surface area contributed by atoms with E-state index in [0.717, 1.165) is 0 Å². The number of nitrogens with zero attached hydrogens (tertiary/aromatic N) is 2. The van der Waals surface area contributed by atoms with E-state index in [-0.39, 0.29) is 11.3 Å². The second-order valence-corrected chi connectivity index (χ2v) is 6.89. The molecule has 0 aliphatic carbocycles. The van der Waals surface area contributed by atoms with Crippen molar-refractivity contribution in [3.63, 3.8) is 0 Å². The first kappa shape index (κ1) is 20.2. The first-order chi connectivity index (χ1) is 15.0. The summed E-state index contributed by atoms with van der Waals surface area (Å²) in [6.07, 6.45) is 3.18. The standard InChI is InChI=1S/C24H20N2O5/c1-30-18-10-8-17(9-11-18)26-21(16-6-4-12-25-14-16)20(23(28)24(26)29)22(27)15-5-3-7-19(13-15)31-2/h3-14,21,27H,1-2H3/b22-20-. The molecular formula is C24H20N2O5. The van der Waals surface area contributed by atoms with E-state index in [9.17, 15) is 14.7 Å². The summed E-state index contributed by atoms with van der Waals surface area (Å²) in [7, 11) is 3.06. The number of Topliss-reactive ketones (excluding diaryl/α,β-unsaturated/α-hetero) is 1. The van der Waals surface area contributed by atoms with Gasteiger partial charge in [-0.1, -0.05) is 18.2 Å². The summed E-state index contributed by atoms with van der Waals surface area (Å²) in [5.74, 6) is -0.642. The Morgan fingerprint density at radius 2 is 1.71 bits per heavy atom. The van der Waals surface area contributed by atoms with Crippen LogP contribution in [-0.4, -0.2) is 36.0 Å². The van der Waals surface area contributed by atoms with Crippen LogP contribution in [0.5, 0.6) is 11.5 Å². The van der Waals surface area contributed by atoms with E-state index in [1.165, 1.54) is 12.0 Å². The predicted molar refractivity (Wildman–Crippen MR) is 115 cm³/mol. The lowest BCUT2D eigenvalue weighted by molar-refractivity contribution is -0.132. The van der Waals surface area contributed by atoms with Gasteiger partial charge in [-0.15, -0.1) is 0 Å². The van der Waals surface area contributed by atoms with Crippen molar-refractivity contribution in [2.45, 2.75) is 6.04 Å². The Kier molecular flexibility index (Phi) is 5.41. The molecule has 0 bridgehead atoms. The van der Waals surface area contributed by atoms with Gasteiger partial charge < -0.3 is 14.6 Å². The number of aliphatic hydroxyl groups is 1. The van der Waals surface area contributed by atoms with Crippen LogP contribution in [0, 0.1) is 0 Å². The smallest absolute Gasteiger partial charge is 0.300 e. The third kappa shape index (κ3) is 3.61. The summed E-state index contributed by atoms with van der Waals surface area (Å²) in [5, 5.41) is 11.1. The molecule has 31 heavy (non-hydrogen) atoms. The average Bonchev–Trinajstić information content (AvgIpc) is 3.09. The van der Waals surface area contributed by atoms with Crippen LogP contribution < -0.4 is 14.4 Å². The minimum atomic E-state index is -0.840. The summed E-state index contributed by atoms with van der Waals surface area (Å²) < 4.78 is 10.4. The molecule has 156 valence electrons. The van der Waals surface area contributed by atoms with Crippen molar-refractivity contribution < 1.29 is 24.2 Å². The molecule has 7 heteroatoms. The summed E-state index contributed by atoms with van der Waals surface area (Å²) in [4.78, 5) is 31.6. The Balaban J connectivity index is 1.91. The number of hydrogen-bond acceptors (Lipinski definition) is 6. The van der Waals surface area contributed by atoms with Gasteiger partial charge in [0.05, 0.1) is 25.8 Å². The highest BCUT2D eigenvalue weighted by atomic mass is 16.5. The van der Waals surface area contributed by atoms with Crippen LogP contribution in [0.15, 0.2) is 78.6 Å². The van der Waals surface area contributed by atoms with Gasteiger partial charge in [-0.25, -0.2) is 0 Å². The molecule has 2 aromatic carbocycles. The molecule has 4 rings (SSSR count). The second-order valence-electron chi connectivity index (χ2n) is 6.89. The number of amides is 1. The lowest BCUT2D eigenvalue weighted by atomic mass is 9.96. The number of ketones is 1. The Bertz CT molecular complexity index is 1160. The molecule has 3 aromatic rings. The maximum absolute atomic E-state index is 13.1. The topological polar surface area (TPSA) is 89.0 Å². The first-order valence-corrected chi connectivity index (χ1v) is 9.54. The maximum Gasteiger partial charge on any atom is 0.300 e. The van der Waals surface area contributed by atoms with Gasteiger partial charge in [-0.2, -0.15) is 0 Å². The molecule has 1 aliphatic rings. The van der Waals surface area contributed by atoms with Crippen LogP contribution in [-0.2, 0) is 9.59 Å². The Labute approximate surface area is 179 Å². The number of ether oxygens (including phenoxy) is 2. The molecule has 2 heterocycles. The zero-order valence-corrected chi connectivity index (χ0v) is 17.0. The number of carbonyl (C=O) groups excluding carboxylic acids is 2. The number of pyridine rings is 1. The monoisotopic (exact) mass is 416 g/mol. The molecule has 0 radical (unpaired) electrons. The van der Waals surface area contributed by atoms with Crippen molar-refractivity contribution in [1.29, 1.82) is 0 Å². The van der Waals surface area contributed by atoms with Gasteiger partial charge in [-0.3, -0.25) is 19.5 Å². The molecule has 1 aliphatic heterocycles. The first-order valence-electron chi connectivity index (χ1n) is 9.54. The largest absolute Gasteiger partial charge is 0.507 e. The van der Waals surface area contributed by atoms with Crippen LogP contribution >= 0.6 is 0 Å². The van der Waals surface area contributed by atoms with Crippen LogP contribution in [0.3, 0.4) is 0 Å². The zero-order chi connectivity index (χ0) is 22.0. The average molecular weight is 416 g/mol. The van der Waals surface area contributed by atoms with Crippen LogP contribution in [0.4, 0.5) is 5.69 Å². The normalized spacial score (nSPS) is 17.6. The van der Waals surface area contributed by atoms with Crippen LogP contribution in [0.25, 0.3) is 5.76 Å². The summed E-state index contributed by atoms with van der Waals surface area (Å²) >= 11 is 0. The number of benzene rings is 2. The van der Waals surface area contributed by atoms with Crippen molar-refractivity contribution in [2.75, 3.05) is 19.1 Å². The minimum absolute atomic E-state index is 0.0120. The van der Waals surface area contributed by atoms with E-state index in [1.54, 1.807) is 80.2 Å². The Hall–Kier alpha value is -4.13. The fourth-order valence-corrected chi connectivity index (χ4v) is 3.62. The van der Waals surface area contributed by atoms with E-state index in [4.69, 9.17) is 9.47 Å². The second kappa shape index (κ2) is 8.31.